The zero-order valence-electron chi connectivity index (χ0n) is 21.2. The number of hydrogen-bond acceptors (Lipinski definition) is 3. The number of anilines is 1. The predicted molar refractivity (Wildman–Crippen MR) is 135 cm³/mol. The fraction of sp³-hybridized carbons (Fsp3) is 0.714. The molecule has 1 aromatic carbocycles. The van der Waals surface area contributed by atoms with E-state index in [9.17, 15) is 18.0 Å². The molecule has 0 aromatic heterocycles. The summed E-state index contributed by atoms with van der Waals surface area (Å²) in [5, 5.41) is 0. The largest absolute Gasteiger partial charge is 0.416 e. The van der Waals surface area contributed by atoms with E-state index in [2.05, 4.69) is 16.8 Å². The molecule has 2 saturated carbocycles. The Morgan fingerprint density at radius 2 is 1.77 bits per heavy atom. The molecule has 7 heteroatoms. The first kappa shape index (κ1) is 26.0. The number of alkyl halides is 3. The molecule has 0 unspecified atom stereocenters. The second-order valence-electron chi connectivity index (χ2n) is 10.6. The van der Waals surface area contributed by atoms with Crippen molar-refractivity contribution in [1.29, 1.82) is 0 Å². The average Bonchev–Trinajstić information content (AvgIpc) is 2.87. The van der Waals surface area contributed by atoms with Crippen LogP contribution in [0.3, 0.4) is 0 Å². The summed E-state index contributed by atoms with van der Waals surface area (Å²) in [5.74, 6) is 1.33. The van der Waals surface area contributed by atoms with Crippen LogP contribution in [-0.4, -0.2) is 42.2 Å². The molecule has 1 aliphatic heterocycles. The Balaban J connectivity index is 1.54. The fourth-order valence-electron chi connectivity index (χ4n) is 6.42. The number of halogens is 3. The number of rotatable bonds is 7. The smallest absolute Gasteiger partial charge is 0.361 e. The summed E-state index contributed by atoms with van der Waals surface area (Å²) in [4.78, 5) is 22.0. The Hall–Kier alpha value is -2.05. The molecule has 1 heterocycles. The van der Waals surface area contributed by atoms with Gasteiger partial charge in [-0.2, -0.15) is 13.2 Å². The second kappa shape index (κ2) is 11.3. The minimum Gasteiger partial charge on any atom is -0.361 e. The predicted octanol–water partition coefficient (Wildman–Crippen LogP) is 7.38. The Morgan fingerprint density at radius 3 is 2.40 bits per heavy atom. The molecule has 3 aliphatic rings. The number of fused-ring (bicyclic) bond motifs is 1. The van der Waals surface area contributed by atoms with Gasteiger partial charge in [-0.3, -0.25) is 9.79 Å². The summed E-state index contributed by atoms with van der Waals surface area (Å²) in [6.45, 7) is 5.50. The molecule has 2 aliphatic carbocycles. The number of aliphatic imine (C=N–C) groups is 1. The molecule has 2 fully saturated rings. The number of benzene rings is 1. The number of hydrogen-bond donors (Lipinski definition) is 0. The molecule has 0 saturated heterocycles. The summed E-state index contributed by atoms with van der Waals surface area (Å²) in [6.07, 6.45) is 9.32. The third-order valence-electron chi connectivity index (χ3n) is 8.53. The molecule has 1 amide bonds. The summed E-state index contributed by atoms with van der Waals surface area (Å²) in [7, 11) is 0. The Bertz CT molecular complexity index is 886. The number of carbonyl (C=O) groups excluding carboxylic acids is 1. The van der Waals surface area contributed by atoms with Crippen LogP contribution in [-0.2, 0) is 11.0 Å². The Labute approximate surface area is 208 Å². The van der Waals surface area contributed by atoms with Crippen molar-refractivity contribution < 1.29 is 18.0 Å². The standard InChI is InChI=1S/C28H40F3N3O/c1-3-20-10-12-21(13-11-20)26-19-32-24-18-22(28(29,30)31)14-15-25(24)34(26)17-16-27(35)33(4-2)23-8-6-5-7-9-23/h14-15,18-21,23,26H,3-13,16-17H2,1-2H3/t20?,21?,26-/m0/s1. The average molecular weight is 492 g/mol. The maximum absolute atomic E-state index is 13.3. The van der Waals surface area contributed by atoms with Crippen molar-refractivity contribution in [2.24, 2.45) is 16.8 Å². The van der Waals surface area contributed by atoms with Crippen molar-refractivity contribution in [3.63, 3.8) is 0 Å². The van der Waals surface area contributed by atoms with Gasteiger partial charge in [0.15, 0.2) is 0 Å². The highest BCUT2D eigenvalue weighted by molar-refractivity contribution is 5.86. The van der Waals surface area contributed by atoms with Crippen molar-refractivity contribution in [1.82, 2.24) is 4.90 Å². The summed E-state index contributed by atoms with van der Waals surface area (Å²) >= 11 is 0. The van der Waals surface area contributed by atoms with Crippen LogP contribution in [0.25, 0.3) is 0 Å². The van der Waals surface area contributed by atoms with E-state index in [-0.39, 0.29) is 11.9 Å². The molecule has 1 aromatic rings. The molecular weight excluding hydrogens is 451 g/mol. The van der Waals surface area contributed by atoms with Crippen LogP contribution in [0, 0.1) is 11.8 Å². The van der Waals surface area contributed by atoms with E-state index in [1.807, 2.05) is 18.0 Å². The van der Waals surface area contributed by atoms with Gasteiger partial charge in [0.25, 0.3) is 0 Å². The van der Waals surface area contributed by atoms with Crippen molar-refractivity contribution in [2.75, 3.05) is 18.0 Å². The van der Waals surface area contributed by atoms with Crippen LogP contribution in [0.4, 0.5) is 24.5 Å². The fourth-order valence-corrected chi connectivity index (χ4v) is 6.42. The zero-order valence-corrected chi connectivity index (χ0v) is 21.2. The second-order valence-corrected chi connectivity index (χ2v) is 10.6. The van der Waals surface area contributed by atoms with E-state index < -0.39 is 11.7 Å². The van der Waals surface area contributed by atoms with Gasteiger partial charge in [0.1, 0.15) is 0 Å². The third kappa shape index (κ3) is 6.03. The number of nitrogens with zero attached hydrogens (tertiary/aromatic N) is 3. The highest BCUT2D eigenvalue weighted by Gasteiger charge is 2.36. The zero-order chi connectivity index (χ0) is 25.0. The van der Waals surface area contributed by atoms with Crippen LogP contribution < -0.4 is 4.90 Å². The van der Waals surface area contributed by atoms with Crippen LogP contribution >= 0.6 is 0 Å². The van der Waals surface area contributed by atoms with E-state index in [1.54, 1.807) is 6.07 Å². The maximum atomic E-state index is 13.3. The third-order valence-corrected chi connectivity index (χ3v) is 8.53. The van der Waals surface area contributed by atoms with E-state index >= 15 is 0 Å². The topological polar surface area (TPSA) is 35.9 Å². The van der Waals surface area contributed by atoms with E-state index in [0.717, 1.165) is 49.4 Å². The Kier molecular flexibility index (Phi) is 8.43. The van der Waals surface area contributed by atoms with Crippen molar-refractivity contribution in [3.8, 4) is 0 Å². The molecule has 0 spiro atoms. The molecule has 4 rings (SSSR count). The van der Waals surface area contributed by atoms with Gasteiger partial charge in [-0.15, -0.1) is 0 Å². The maximum Gasteiger partial charge on any atom is 0.416 e. The molecular formula is C28H40F3N3O. The Morgan fingerprint density at radius 1 is 1.06 bits per heavy atom. The van der Waals surface area contributed by atoms with Crippen LogP contribution in [0.5, 0.6) is 0 Å². The van der Waals surface area contributed by atoms with E-state index in [1.165, 1.54) is 38.5 Å². The lowest BCUT2D eigenvalue weighted by molar-refractivity contribution is -0.137. The van der Waals surface area contributed by atoms with Gasteiger partial charge < -0.3 is 9.80 Å². The van der Waals surface area contributed by atoms with Gasteiger partial charge in [-0.1, -0.05) is 45.4 Å². The monoisotopic (exact) mass is 491 g/mol. The quantitative estimate of drug-likeness (QED) is 0.399. The van der Waals surface area contributed by atoms with Crippen molar-refractivity contribution in [2.45, 2.75) is 103 Å². The van der Waals surface area contributed by atoms with Gasteiger partial charge in [-0.25, -0.2) is 0 Å². The lowest BCUT2D eigenvalue weighted by Crippen LogP contribution is -2.47. The highest BCUT2D eigenvalue weighted by atomic mass is 19.4. The van der Waals surface area contributed by atoms with Crippen molar-refractivity contribution in [3.05, 3.63) is 23.8 Å². The minimum absolute atomic E-state index is 0.0228. The normalized spacial score (nSPS) is 25.4. The summed E-state index contributed by atoms with van der Waals surface area (Å²) in [5.41, 5.74) is 0.391. The van der Waals surface area contributed by atoms with Gasteiger partial charge in [0.2, 0.25) is 5.91 Å². The molecule has 35 heavy (non-hydrogen) atoms. The summed E-state index contributed by atoms with van der Waals surface area (Å²) in [6, 6.07) is 4.20. The van der Waals surface area contributed by atoms with E-state index in [0.29, 0.717) is 37.2 Å². The molecule has 0 N–H and O–H groups in total. The lowest BCUT2D eigenvalue weighted by Gasteiger charge is -2.42. The number of amides is 1. The molecule has 0 radical (unpaired) electrons. The molecule has 1 atom stereocenters. The van der Waals surface area contributed by atoms with Gasteiger partial charge >= 0.3 is 6.18 Å². The molecule has 194 valence electrons. The minimum atomic E-state index is -4.40. The van der Waals surface area contributed by atoms with Crippen LogP contribution in [0.15, 0.2) is 23.2 Å². The van der Waals surface area contributed by atoms with Crippen LogP contribution in [0.2, 0.25) is 0 Å². The first-order chi connectivity index (χ1) is 16.8. The van der Waals surface area contributed by atoms with Crippen LogP contribution in [0.1, 0.15) is 90.0 Å². The van der Waals surface area contributed by atoms with Crippen molar-refractivity contribution >= 4 is 23.5 Å². The lowest BCUT2D eigenvalue weighted by atomic mass is 9.77. The van der Waals surface area contributed by atoms with E-state index in [4.69, 9.17) is 0 Å². The highest BCUT2D eigenvalue weighted by Crippen LogP contribution is 2.42. The molecule has 4 nitrogen and oxygen atoms in total. The van der Waals surface area contributed by atoms with Gasteiger partial charge in [0, 0.05) is 31.8 Å². The summed E-state index contributed by atoms with van der Waals surface area (Å²) < 4.78 is 40.0. The van der Waals surface area contributed by atoms with Gasteiger partial charge in [0.05, 0.1) is 23.0 Å². The molecule has 0 bridgehead atoms. The number of carbonyl (C=O) groups is 1. The SMILES string of the molecule is CCC1CCC([C@@H]2C=Nc3cc(C(F)(F)F)ccc3N2CCC(=O)N(CC)C2CCCCC2)CC1. The first-order valence-electron chi connectivity index (χ1n) is 13.6. The first-order valence-corrected chi connectivity index (χ1v) is 13.6. The van der Waals surface area contributed by atoms with Gasteiger partial charge in [-0.05, 0) is 62.6 Å².